The van der Waals surface area contributed by atoms with E-state index in [9.17, 15) is 19.6 Å². The molecule has 0 aliphatic heterocycles. The lowest BCUT2D eigenvalue weighted by atomic mass is 9.99. The Hall–Kier alpha value is -3.39. The maximum Gasteiger partial charge on any atom is 0.266 e. The van der Waals surface area contributed by atoms with Gasteiger partial charge in [-0.15, -0.1) is 0 Å². The Balaban J connectivity index is 2.24. The number of rotatable bonds is 2. The molecule has 23 heavy (non-hydrogen) atoms. The van der Waals surface area contributed by atoms with Crippen LogP contribution in [0, 0.1) is 17.1 Å². The lowest BCUT2D eigenvalue weighted by molar-refractivity contribution is 0.475. The first-order chi connectivity index (χ1) is 11.1. The monoisotopic (exact) mass is 306 g/mol. The van der Waals surface area contributed by atoms with E-state index in [1.165, 1.54) is 24.3 Å². The van der Waals surface area contributed by atoms with Crippen LogP contribution in [-0.2, 0) is 0 Å². The van der Waals surface area contributed by atoms with Gasteiger partial charge in [0.25, 0.3) is 5.56 Å². The van der Waals surface area contributed by atoms with Crippen molar-refractivity contribution in [3.63, 3.8) is 0 Å². The minimum Gasteiger partial charge on any atom is -0.508 e. The molecule has 0 saturated heterocycles. The number of nitrogens with zero attached hydrogens (tertiary/aromatic N) is 1. The Morgan fingerprint density at radius 1 is 1.04 bits per heavy atom. The average Bonchev–Trinajstić information content (AvgIpc) is 2.55. The topological polar surface area (TPSA) is 76.9 Å². The minimum atomic E-state index is -0.535. The molecule has 2 aromatic carbocycles. The minimum absolute atomic E-state index is 0.0370. The first-order valence-corrected chi connectivity index (χ1v) is 6.81. The molecular weight excluding hydrogens is 295 g/mol. The highest BCUT2D eigenvalue weighted by Gasteiger charge is 2.13. The van der Waals surface area contributed by atoms with Crippen molar-refractivity contribution in [2.45, 2.75) is 0 Å². The number of benzene rings is 2. The maximum absolute atomic E-state index is 13.0. The first-order valence-electron chi connectivity index (χ1n) is 6.81. The van der Waals surface area contributed by atoms with Crippen LogP contribution in [0.25, 0.3) is 22.4 Å². The molecule has 0 spiro atoms. The van der Waals surface area contributed by atoms with E-state index in [2.05, 4.69) is 4.98 Å². The van der Waals surface area contributed by atoms with Crippen LogP contribution in [0.15, 0.2) is 59.4 Å². The third-order valence-corrected chi connectivity index (χ3v) is 3.46. The number of nitrogens with one attached hydrogen (secondary N) is 1. The molecule has 3 rings (SSSR count). The van der Waals surface area contributed by atoms with Crippen LogP contribution < -0.4 is 5.56 Å². The van der Waals surface area contributed by atoms with E-state index < -0.39 is 5.56 Å². The van der Waals surface area contributed by atoms with Crippen molar-refractivity contribution < 1.29 is 9.50 Å². The second kappa shape index (κ2) is 5.78. The van der Waals surface area contributed by atoms with Crippen LogP contribution in [0.5, 0.6) is 5.75 Å². The molecule has 0 saturated carbocycles. The molecule has 1 heterocycles. The quantitative estimate of drug-likeness (QED) is 0.761. The van der Waals surface area contributed by atoms with E-state index in [0.717, 1.165) is 0 Å². The molecule has 0 atom stereocenters. The number of aromatic nitrogens is 1. The van der Waals surface area contributed by atoms with Crippen LogP contribution in [-0.4, -0.2) is 10.1 Å². The van der Waals surface area contributed by atoms with Gasteiger partial charge in [0, 0.05) is 11.3 Å². The second-order valence-corrected chi connectivity index (χ2v) is 4.97. The van der Waals surface area contributed by atoms with Crippen molar-refractivity contribution in [3.8, 4) is 34.2 Å². The molecule has 0 fully saturated rings. The number of pyridine rings is 1. The van der Waals surface area contributed by atoms with Crippen molar-refractivity contribution >= 4 is 0 Å². The number of aromatic amines is 1. The lowest BCUT2D eigenvalue weighted by Gasteiger charge is -2.08. The molecule has 112 valence electrons. The molecule has 2 N–H and O–H groups in total. The van der Waals surface area contributed by atoms with Gasteiger partial charge in [-0.05, 0) is 53.6 Å². The lowest BCUT2D eigenvalue weighted by Crippen LogP contribution is -2.12. The van der Waals surface area contributed by atoms with E-state index in [1.54, 1.807) is 30.3 Å². The molecule has 4 nitrogen and oxygen atoms in total. The molecular formula is C18H11FN2O2. The largest absolute Gasteiger partial charge is 0.508 e. The summed E-state index contributed by atoms with van der Waals surface area (Å²) in [7, 11) is 0. The van der Waals surface area contributed by atoms with Gasteiger partial charge in [-0.25, -0.2) is 4.39 Å². The standard InChI is InChI=1S/C18H11FN2O2/c19-13-6-4-11(5-7-13)17-9-15(16(10-20)18(23)21-17)12-2-1-3-14(22)8-12/h1-9,22H,(H,21,23). The van der Waals surface area contributed by atoms with E-state index in [-0.39, 0.29) is 17.1 Å². The zero-order valence-corrected chi connectivity index (χ0v) is 11.9. The van der Waals surface area contributed by atoms with Gasteiger partial charge >= 0.3 is 0 Å². The summed E-state index contributed by atoms with van der Waals surface area (Å²) in [6.07, 6.45) is 0. The number of aromatic hydroxyl groups is 1. The predicted molar refractivity (Wildman–Crippen MR) is 84.3 cm³/mol. The number of phenolic OH excluding ortho intramolecular Hbond substituents is 1. The van der Waals surface area contributed by atoms with Gasteiger partial charge in [0.2, 0.25) is 0 Å². The fraction of sp³-hybridized carbons (Fsp3) is 0. The summed E-state index contributed by atoms with van der Waals surface area (Å²) in [4.78, 5) is 14.8. The van der Waals surface area contributed by atoms with Gasteiger partial charge in [-0.3, -0.25) is 4.79 Å². The molecule has 0 amide bonds. The third-order valence-electron chi connectivity index (χ3n) is 3.46. The number of hydrogen-bond donors (Lipinski definition) is 2. The summed E-state index contributed by atoms with van der Waals surface area (Å²) in [5.74, 6) is -0.340. The molecule has 0 unspecified atom stereocenters. The molecule has 0 bridgehead atoms. The Morgan fingerprint density at radius 2 is 1.78 bits per heavy atom. The van der Waals surface area contributed by atoms with Crippen molar-refractivity contribution in [3.05, 3.63) is 76.3 Å². The summed E-state index contributed by atoms with van der Waals surface area (Å²) in [5, 5.41) is 18.9. The Kier molecular flexibility index (Phi) is 3.65. The van der Waals surface area contributed by atoms with Crippen molar-refractivity contribution in [2.24, 2.45) is 0 Å². The normalized spacial score (nSPS) is 10.3. The molecule has 3 aromatic rings. The highest BCUT2D eigenvalue weighted by atomic mass is 19.1. The number of nitriles is 1. The number of halogens is 1. The van der Waals surface area contributed by atoms with Crippen LogP contribution in [0.1, 0.15) is 5.56 Å². The van der Waals surface area contributed by atoms with Crippen molar-refractivity contribution in [2.75, 3.05) is 0 Å². The van der Waals surface area contributed by atoms with Crippen LogP contribution >= 0.6 is 0 Å². The van der Waals surface area contributed by atoms with Gasteiger partial charge in [0.1, 0.15) is 23.2 Å². The molecule has 0 aliphatic carbocycles. The second-order valence-electron chi connectivity index (χ2n) is 4.97. The molecule has 0 aliphatic rings. The van der Waals surface area contributed by atoms with Gasteiger partial charge in [0.15, 0.2) is 0 Å². The van der Waals surface area contributed by atoms with Crippen molar-refractivity contribution in [1.82, 2.24) is 4.98 Å². The first kappa shape index (κ1) is 14.5. The molecule has 0 radical (unpaired) electrons. The highest BCUT2D eigenvalue weighted by Crippen LogP contribution is 2.28. The smallest absolute Gasteiger partial charge is 0.266 e. The Morgan fingerprint density at radius 3 is 2.43 bits per heavy atom. The van der Waals surface area contributed by atoms with Crippen molar-refractivity contribution in [1.29, 1.82) is 5.26 Å². The Labute approximate surface area is 131 Å². The van der Waals surface area contributed by atoms with Crippen LogP contribution in [0.4, 0.5) is 4.39 Å². The van der Waals surface area contributed by atoms with Gasteiger partial charge < -0.3 is 10.1 Å². The predicted octanol–water partition coefficient (Wildman–Crippen LogP) is 3.43. The van der Waals surface area contributed by atoms with Gasteiger partial charge in [-0.2, -0.15) is 5.26 Å². The number of phenols is 1. The SMILES string of the molecule is N#Cc1c(-c2cccc(O)c2)cc(-c2ccc(F)cc2)[nH]c1=O. The fourth-order valence-electron chi connectivity index (χ4n) is 2.36. The average molecular weight is 306 g/mol. The van der Waals surface area contributed by atoms with Gasteiger partial charge in [0.05, 0.1) is 0 Å². The summed E-state index contributed by atoms with van der Waals surface area (Å²) in [6.45, 7) is 0. The zero-order valence-electron chi connectivity index (χ0n) is 11.9. The summed E-state index contributed by atoms with van der Waals surface area (Å²) >= 11 is 0. The number of H-pyrrole nitrogens is 1. The van der Waals surface area contributed by atoms with Crippen LogP contribution in [0.2, 0.25) is 0 Å². The number of hydrogen-bond acceptors (Lipinski definition) is 3. The van der Waals surface area contributed by atoms with Gasteiger partial charge in [-0.1, -0.05) is 12.1 Å². The van der Waals surface area contributed by atoms with E-state index >= 15 is 0 Å². The van der Waals surface area contributed by atoms with E-state index in [0.29, 0.717) is 22.4 Å². The summed E-state index contributed by atoms with van der Waals surface area (Å²) in [6, 6.07) is 15.5. The van der Waals surface area contributed by atoms with Crippen LogP contribution in [0.3, 0.4) is 0 Å². The maximum atomic E-state index is 13.0. The van der Waals surface area contributed by atoms with E-state index in [1.807, 2.05) is 6.07 Å². The zero-order chi connectivity index (χ0) is 16.4. The molecule has 5 heteroatoms. The van der Waals surface area contributed by atoms with E-state index in [4.69, 9.17) is 0 Å². The fourth-order valence-corrected chi connectivity index (χ4v) is 2.36. The highest BCUT2D eigenvalue weighted by molar-refractivity contribution is 5.75. The Bertz CT molecular complexity index is 970. The summed E-state index contributed by atoms with van der Waals surface area (Å²) < 4.78 is 13.0. The molecule has 1 aromatic heterocycles. The third kappa shape index (κ3) is 2.83. The summed E-state index contributed by atoms with van der Waals surface area (Å²) in [5.41, 5.74) is 1.47.